The first kappa shape index (κ1) is 21.5. The van der Waals surface area contributed by atoms with Crippen molar-refractivity contribution in [3.8, 4) is 0 Å². The largest absolute Gasteiger partial charge is 0.419 e. The predicted octanol–water partition coefficient (Wildman–Crippen LogP) is 2.98. The van der Waals surface area contributed by atoms with E-state index in [-0.39, 0.29) is 23.9 Å². The van der Waals surface area contributed by atoms with Crippen LogP contribution in [0.5, 0.6) is 0 Å². The molecule has 1 amide bonds. The minimum atomic E-state index is -4.84. The molecule has 1 N–H and O–H groups in total. The maximum absolute atomic E-state index is 13.5. The molecule has 0 spiro atoms. The summed E-state index contributed by atoms with van der Waals surface area (Å²) >= 11 is 0. The zero-order valence-corrected chi connectivity index (χ0v) is 16.2. The second kappa shape index (κ2) is 8.27. The van der Waals surface area contributed by atoms with E-state index in [0.29, 0.717) is 44.6 Å². The maximum atomic E-state index is 13.5. The number of nitrogens with one attached hydrogen (secondary N) is 1. The van der Waals surface area contributed by atoms with E-state index >= 15 is 0 Å². The molecule has 2 aliphatic heterocycles. The highest BCUT2D eigenvalue weighted by Crippen LogP contribution is 2.33. The number of alkyl halides is 3. The Kier molecular flexibility index (Phi) is 6.13. The topological polar surface area (TPSA) is 63.1 Å². The highest BCUT2D eigenvalue weighted by molar-refractivity contribution is 5.94. The number of benzene rings is 1. The number of hydrogen-bond acceptors (Lipinski definition) is 4. The lowest BCUT2D eigenvalue weighted by atomic mass is 9.95. The van der Waals surface area contributed by atoms with Crippen LogP contribution in [0, 0.1) is 5.82 Å². The van der Waals surface area contributed by atoms with Gasteiger partial charge >= 0.3 is 6.18 Å². The van der Waals surface area contributed by atoms with Gasteiger partial charge in [0, 0.05) is 37.7 Å². The quantitative estimate of drug-likeness (QED) is 0.740. The lowest BCUT2D eigenvalue weighted by molar-refractivity contribution is -0.140. The number of carbonyl (C=O) groups is 1. The van der Waals surface area contributed by atoms with E-state index < -0.39 is 23.5 Å². The van der Waals surface area contributed by atoms with Gasteiger partial charge in [-0.2, -0.15) is 13.2 Å². The van der Waals surface area contributed by atoms with E-state index in [1.54, 1.807) is 0 Å². The molecule has 158 valence electrons. The Labute approximate surface area is 170 Å². The Bertz CT molecular complexity index is 893. The normalized spacial score (nSPS) is 17.6. The van der Waals surface area contributed by atoms with E-state index in [0.717, 1.165) is 30.8 Å². The number of likely N-dealkylation sites (tertiary alicyclic amines) is 1. The van der Waals surface area contributed by atoms with Crippen LogP contribution in [0.1, 0.15) is 46.3 Å². The van der Waals surface area contributed by atoms with Crippen LogP contribution in [-0.2, 0) is 19.3 Å². The van der Waals surface area contributed by atoms with Gasteiger partial charge in [-0.25, -0.2) is 4.39 Å². The Balaban J connectivity index is 0.00000240. The highest BCUT2D eigenvalue weighted by Gasteiger charge is 2.35. The zero-order valence-electron chi connectivity index (χ0n) is 15.4. The number of piperidine rings is 1. The monoisotopic (exact) mass is 433 g/mol. The Morgan fingerprint density at radius 1 is 1.14 bits per heavy atom. The van der Waals surface area contributed by atoms with Crippen LogP contribution >= 0.6 is 12.4 Å². The van der Waals surface area contributed by atoms with Crippen molar-refractivity contribution in [3.63, 3.8) is 0 Å². The van der Waals surface area contributed by atoms with Crippen molar-refractivity contribution in [3.05, 3.63) is 46.8 Å². The Hall–Kier alpha value is -2.20. The van der Waals surface area contributed by atoms with E-state index in [4.69, 9.17) is 0 Å². The van der Waals surface area contributed by atoms with Crippen molar-refractivity contribution >= 4 is 18.3 Å². The summed E-state index contributed by atoms with van der Waals surface area (Å²) in [5.74, 6) is 0.0584. The second-order valence-electron chi connectivity index (χ2n) is 7.06. The summed E-state index contributed by atoms with van der Waals surface area (Å²) in [4.78, 5) is 14.1. The summed E-state index contributed by atoms with van der Waals surface area (Å²) in [5.41, 5.74) is -1.57. The molecule has 0 unspecified atom stereocenters. The summed E-state index contributed by atoms with van der Waals surface area (Å²) in [6.07, 6.45) is -3.52. The minimum Gasteiger partial charge on any atom is -0.339 e. The lowest BCUT2D eigenvalue weighted by Crippen LogP contribution is -2.39. The van der Waals surface area contributed by atoms with Gasteiger partial charge in [-0.05, 0) is 31.0 Å². The molecule has 2 aromatic rings. The molecule has 2 aliphatic rings. The molecule has 6 nitrogen and oxygen atoms in total. The van der Waals surface area contributed by atoms with Crippen molar-refractivity contribution in [1.29, 1.82) is 0 Å². The molecular formula is C18H20ClF4N5O. The second-order valence-corrected chi connectivity index (χ2v) is 7.06. The van der Waals surface area contributed by atoms with Crippen LogP contribution in [0.25, 0.3) is 0 Å². The fourth-order valence-electron chi connectivity index (χ4n) is 3.82. The van der Waals surface area contributed by atoms with Crippen LogP contribution < -0.4 is 5.32 Å². The number of hydrogen-bond donors (Lipinski definition) is 1. The fraction of sp³-hybridized carbons (Fsp3) is 0.500. The van der Waals surface area contributed by atoms with Gasteiger partial charge in [-0.15, -0.1) is 22.6 Å². The number of fused-ring (bicyclic) bond motifs is 1. The van der Waals surface area contributed by atoms with Gasteiger partial charge in [0.2, 0.25) is 0 Å². The third kappa shape index (κ3) is 4.23. The number of carbonyl (C=O) groups excluding carboxylic acids is 1. The van der Waals surface area contributed by atoms with Crippen LogP contribution in [-0.4, -0.2) is 45.2 Å². The highest BCUT2D eigenvalue weighted by atomic mass is 35.5. The molecule has 0 atom stereocenters. The van der Waals surface area contributed by atoms with Gasteiger partial charge in [0.1, 0.15) is 17.5 Å². The molecule has 1 fully saturated rings. The Morgan fingerprint density at radius 2 is 1.86 bits per heavy atom. The SMILES string of the molecule is Cl.O=C(c1ccc(F)c(C(F)(F)F)c1)N1CCC(c2nnc3n2CCNC3)CC1. The number of halogens is 5. The van der Waals surface area contributed by atoms with Gasteiger partial charge in [0.05, 0.1) is 12.1 Å². The van der Waals surface area contributed by atoms with Crippen molar-refractivity contribution < 1.29 is 22.4 Å². The maximum Gasteiger partial charge on any atom is 0.419 e. The molecule has 0 saturated carbocycles. The molecule has 3 heterocycles. The Morgan fingerprint density at radius 3 is 2.55 bits per heavy atom. The van der Waals surface area contributed by atoms with Gasteiger partial charge in [0.15, 0.2) is 0 Å². The molecule has 1 saturated heterocycles. The average Bonchev–Trinajstić information content (AvgIpc) is 3.11. The summed E-state index contributed by atoms with van der Waals surface area (Å²) < 4.78 is 54.2. The molecule has 0 bridgehead atoms. The molecule has 1 aromatic carbocycles. The van der Waals surface area contributed by atoms with E-state index in [1.165, 1.54) is 4.90 Å². The number of amides is 1. The fourth-order valence-corrected chi connectivity index (χ4v) is 3.82. The lowest BCUT2D eigenvalue weighted by Gasteiger charge is -2.32. The summed E-state index contributed by atoms with van der Waals surface area (Å²) in [5, 5.41) is 11.7. The van der Waals surface area contributed by atoms with Gasteiger partial charge in [-0.3, -0.25) is 4.79 Å². The number of nitrogens with zero attached hydrogens (tertiary/aromatic N) is 4. The molecular weight excluding hydrogens is 414 g/mol. The van der Waals surface area contributed by atoms with Crippen molar-refractivity contribution in [2.75, 3.05) is 19.6 Å². The van der Waals surface area contributed by atoms with Crippen LogP contribution in [0.2, 0.25) is 0 Å². The number of rotatable bonds is 2. The number of aromatic nitrogens is 3. The predicted molar refractivity (Wildman–Crippen MR) is 98.3 cm³/mol. The van der Waals surface area contributed by atoms with Crippen molar-refractivity contribution in [2.24, 2.45) is 0 Å². The van der Waals surface area contributed by atoms with Crippen LogP contribution in [0.3, 0.4) is 0 Å². The third-order valence-corrected chi connectivity index (χ3v) is 5.32. The van der Waals surface area contributed by atoms with Gasteiger partial charge in [0.25, 0.3) is 5.91 Å². The molecule has 4 rings (SSSR count). The third-order valence-electron chi connectivity index (χ3n) is 5.32. The van der Waals surface area contributed by atoms with Crippen LogP contribution in [0.4, 0.5) is 17.6 Å². The molecule has 0 aliphatic carbocycles. The molecule has 0 radical (unpaired) electrons. The van der Waals surface area contributed by atoms with Gasteiger partial charge in [-0.1, -0.05) is 0 Å². The van der Waals surface area contributed by atoms with E-state index in [2.05, 4.69) is 20.1 Å². The smallest absolute Gasteiger partial charge is 0.339 e. The molecule has 1 aromatic heterocycles. The first-order chi connectivity index (χ1) is 13.3. The van der Waals surface area contributed by atoms with Crippen molar-refractivity contribution in [2.45, 2.75) is 38.0 Å². The summed E-state index contributed by atoms with van der Waals surface area (Å²) in [6.45, 7) is 3.13. The zero-order chi connectivity index (χ0) is 19.9. The minimum absolute atomic E-state index is 0. The summed E-state index contributed by atoms with van der Waals surface area (Å²) in [6, 6.07) is 2.38. The van der Waals surface area contributed by atoms with E-state index in [9.17, 15) is 22.4 Å². The molecule has 11 heteroatoms. The average molecular weight is 434 g/mol. The first-order valence-corrected chi connectivity index (χ1v) is 9.13. The van der Waals surface area contributed by atoms with Gasteiger partial charge < -0.3 is 14.8 Å². The summed E-state index contributed by atoms with van der Waals surface area (Å²) in [7, 11) is 0. The first-order valence-electron chi connectivity index (χ1n) is 9.13. The molecule has 29 heavy (non-hydrogen) atoms. The van der Waals surface area contributed by atoms with Crippen molar-refractivity contribution in [1.82, 2.24) is 25.0 Å². The van der Waals surface area contributed by atoms with Crippen LogP contribution in [0.15, 0.2) is 18.2 Å². The standard InChI is InChI=1S/C18H19F4N5O.ClH/c19-14-2-1-12(9-13(14)18(20,21)22)17(28)26-6-3-11(4-7-26)16-25-24-15-10-23-5-8-27(15)16;/h1-2,9,11,23H,3-8,10H2;1H. The van der Waals surface area contributed by atoms with E-state index in [1.807, 2.05) is 0 Å².